The second-order valence-corrected chi connectivity index (χ2v) is 7.51. The molecule has 1 N–H and O–H groups in total. The molecular formula is C14H19ClF4N2O2S. The van der Waals surface area contributed by atoms with E-state index in [4.69, 9.17) is 0 Å². The molecule has 1 heterocycles. The summed E-state index contributed by atoms with van der Waals surface area (Å²) in [6.07, 6.45) is -3.45. The summed E-state index contributed by atoms with van der Waals surface area (Å²) in [7, 11) is -2.32. The van der Waals surface area contributed by atoms with Crippen LogP contribution in [0.4, 0.5) is 17.6 Å². The molecule has 4 nitrogen and oxygen atoms in total. The van der Waals surface area contributed by atoms with Crippen LogP contribution in [0.15, 0.2) is 23.1 Å². The average molecular weight is 391 g/mol. The van der Waals surface area contributed by atoms with E-state index in [-0.39, 0.29) is 31.4 Å². The quantitative estimate of drug-likeness (QED) is 0.804. The lowest BCUT2D eigenvalue weighted by molar-refractivity contribution is -0.140. The third kappa shape index (κ3) is 4.59. The van der Waals surface area contributed by atoms with Gasteiger partial charge < -0.3 is 5.32 Å². The Kier molecular flexibility index (Phi) is 7.04. The van der Waals surface area contributed by atoms with E-state index in [0.29, 0.717) is 25.1 Å². The highest BCUT2D eigenvalue weighted by Crippen LogP contribution is 2.34. The van der Waals surface area contributed by atoms with Crippen LogP contribution in [0, 0.1) is 11.7 Å². The Balaban J connectivity index is 0.00000288. The van der Waals surface area contributed by atoms with Crippen molar-refractivity contribution in [3.63, 3.8) is 0 Å². The normalized spacial score (nSPS) is 19.8. The van der Waals surface area contributed by atoms with Gasteiger partial charge in [0, 0.05) is 13.1 Å². The van der Waals surface area contributed by atoms with E-state index in [0.717, 1.165) is 12.5 Å². The molecule has 0 spiro atoms. The molecule has 0 aliphatic carbocycles. The van der Waals surface area contributed by atoms with Crippen LogP contribution in [0.3, 0.4) is 0 Å². The minimum atomic E-state index is -4.94. The van der Waals surface area contributed by atoms with Crippen molar-refractivity contribution < 1.29 is 26.0 Å². The zero-order valence-electron chi connectivity index (χ0n) is 12.9. The van der Waals surface area contributed by atoms with Crippen LogP contribution in [0.2, 0.25) is 0 Å². The molecule has 1 unspecified atom stereocenters. The van der Waals surface area contributed by atoms with Gasteiger partial charge in [-0.3, -0.25) is 0 Å². The Morgan fingerprint density at radius 3 is 2.58 bits per heavy atom. The number of nitrogens with one attached hydrogen (secondary N) is 1. The standard InChI is InChI=1S/C14H18F4N2O2S.ClH/c1-19-8-10-3-2-6-20(9-10)23(21,22)11-4-5-13(15)12(7-11)14(16,17)18;/h4-5,7,10,19H,2-3,6,8-9H2,1H3;1H. The first kappa shape index (κ1) is 21.1. The number of nitrogens with zero attached hydrogens (tertiary/aromatic N) is 1. The summed E-state index contributed by atoms with van der Waals surface area (Å²) in [5, 5.41) is 2.97. The lowest BCUT2D eigenvalue weighted by atomic mass is 10.00. The van der Waals surface area contributed by atoms with Crippen LogP contribution in [-0.4, -0.2) is 39.4 Å². The molecule has 10 heteroatoms. The monoisotopic (exact) mass is 390 g/mol. The van der Waals surface area contributed by atoms with Crippen molar-refractivity contribution in [2.45, 2.75) is 23.9 Å². The van der Waals surface area contributed by atoms with Crippen LogP contribution in [0.5, 0.6) is 0 Å². The van der Waals surface area contributed by atoms with Gasteiger partial charge >= 0.3 is 6.18 Å². The van der Waals surface area contributed by atoms with Crippen LogP contribution in [0.25, 0.3) is 0 Å². The second-order valence-electron chi connectivity index (χ2n) is 5.57. The fraction of sp³-hybridized carbons (Fsp3) is 0.571. The maximum Gasteiger partial charge on any atom is 0.419 e. The lowest BCUT2D eigenvalue weighted by Gasteiger charge is -2.32. The summed E-state index contributed by atoms with van der Waals surface area (Å²) in [6.45, 7) is 1.12. The molecule has 24 heavy (non-hydrogen) atoms. The number of benzene rings is 1. The molecule has 0 amide bonds. The zero-order chi connectivity index (χ0) is 17.3. The molecule has 138 valence electrons. The van der Waals surface area contributed by atoms with E-state index in [2.05, 4.69) is 5.32 Å². The van der Waals surface area contributed by atoms with Crippen LogP contribution < -0.4 is 5.32 Å². The predicted molar refractivity (Wildman–Crippen MR) is 84.1 cm³/mol. The molecule has 1 aromatic carbocycles. The largest absolute Gasteiger partial charge is 0.419 e. The molecule has 1 saturated heterocycles. The summed E-state index contributed by atoms with van der Waals surface area (Å²) < 4.78 is 77.9. The Hall–Kier alpha value is -0.900. The molecule has 1 aliphatic rings. The SMILES string of the molecule is CNCC1CCCN(S(=O)(=O)c2ccc(F)c(C(F)(F)F)c2)C1.Cl. The summed E-state index contributed by atoms with van der Waals surface area (Å²) in [4.78, 5) is -0.531. The van der Waals surface area contributed by atoms with E-state index >= 15 is 0 Å². The van der Waals surface area contributed by atoms with Gasteiger partial charge in [0.25, 0.3) is 0 Å². The van der Waals surface area contributed by atoms with Crippen molar-refractivity contribution in [2.75, 3.05) is 26.7 Å². The number of piperidine rings is 1. The Morgan fingerprint density at radius 2 is 2.00 bits per heavy atom. The van der Waals surface area contributed by atoms with Gasteiger partial charge in [-0.15, -0.1) is 12.4 Å². The number of sulfonamides is 1. The predicted octanol–water partition coefficient (Wildman–Crippen LogP) is 2.89. The van der Waals surface area contributed by atoms with E-state index < -0.39 is 32.5 Å². The maximum absolute atomic E-state index is 13.3. The van der Waals surface area contributed by atoms with Crippen molar-refractivity contribution in [1.82, 2.24) is 9.62 Å². The second kappa shape index (κ2) is 7.99. The van der Waals surface area contributed by atoms with E-state index in [1.807, 2.05) is 0 Å². The molecule has 1 aliphatic heterocycles. The zero-order valence-corrected chi connectivity index (χ0v) is 14.6. The van der Waals surface area contributed by atoms with Crippen molar-refractivity contribution >= 4 is 22.4 Å². The van der Waals surface area contributed by atoms with Gasteiger partial charge in [-0.1, -0.05) is 0 Å². The fourth-order valence-electron chi connectivity index (χ4n) is 2.73. The first-order valence-electron chi connectivity index (χ1n) is 7.17. The molecule has 1 aromatic rings. The van der Waals surface area contributed by atoms with Crippen molar-refractivity contribution in [2.24, 2.45) is 5.92 Å². The minimum absolute atomic E-state index is 0. The first-order valence-corrected chi connectivity index (χ1v) is 8.61. The van der Waals surface area contributed by atoms with Gasteiger partial charge in [-0.2, -0.15) is 17.5 Å². The lowest BCUT2D eigenvalue weighted by Crippen LogP contribution is -2.42. The van der Waals surface area contributed by atoms with Gasteiger partial charge in [0.15, 0.2) is 0 Å². The highest BCUT2D eigenvalue weighted by molar-refractivity contribution is 7.89. The third-order valence-electron chi connectivity index (χ3n) is 3.86. The Labute approximate surface area is 144 Å². The average Bonchev–Trinajstić information content (AvgIpc) is 2.47. The number of hydrogen-bond acceptors (Lipinski definition) is 3. The van der Waals surface area contributed by atoms with Gasteiger partial charge in [-0.05, 0) is 50.6 Å². The molecule has 0 radical (unpaired) electrons. The number of rotatable bonds is 4. The molecule has 1 atom stereocenters. The minimum Gasteiger partial charge on any atom is -0.319 e. The molecule has 0 bridgehead atoms. The molecular weight excluding hydrogens is 372 g/mol. The van der Waals surface area contributed by atoms with E-state index in [1.165, 1.54) is 4.31 Å². The van der Waals surface area contributed by atoms with Crippen molar-refractivity contribution in [3.8, 4) is 0 Å². The van der Waals surface area contributed by atoms with Gasteiger partial charge in [0.05, 0.1) is 10.5 Å². The van der Waals surface area contributed by atoms with E-state index in [1.54, 1.807) is 7.05 Å². The topological polar surface area (TPSA) is 49.4 Å². The molecule has 0 aromatic heterocycles. The number of hydrogen-bond donors (Lipinski definition) is 1. The molecule has 2 rings (SSSR count). The fourth-order valence-corrected chi connectivity index (χ4v) is 4.31. The van der Waals surface area contributed by atoms with Gasteiger partial charge in [-0.25, -0.2) is 12.8 Å². The first-order chi connectivity index (χ1) is 10.7. The molecule has 1 fully saturated rings. The highest BCUT2D eigenvalue weighted by Gasteiger charge is 2.37. The van der Waals surface area contributed by atoms with Crippen LogP contribution in [-0.2, 0) is 16.2 Å². The highest BCUT2D eigenvalue weighted by atomic mass is 35.5. The molecule has 0 saturated carbocycles. The smallest absolute Gasteiger partial charge is 0.319 e. The van der Waals surface area contributed by atoms with Crippen LogP contribution in [0.1, 0.15) is 18.4 Å². The summed E-state index contributed by atoms with van der Waals surface area (Å²) in [5.74, 6) is -1.38. The third-order valence-corrected chi connectivity index (χ3v) is 5.72. The van der Waals surface area contributed by atoms with Crippen molar-refractivity contribution in [3.05, 3.63) is 29.6 Å². The van der Waals surface area contributed by atoms with Gasteiger partial charge in [0.2, 0.25) is 10.0 Å². The van der Waals surface area contributed by atoms with E-state index in [9.17, 15) is 26.0 Å². The Morgan fingerprint density at radius 1 is 1.33 bits per heavy atom. The van der Waals surface area contributed by atoms with Crippen LogP contribution >= 0.6 is 12.4 Å². The summed E-state index contributed by atoms with van der Waals surface area (Å²) in [5.41, 5.74) is -1.57. The number of alkyl halides is 3. The maximum atomic E-state index is 13.3. The van der Waals surface area contributed by atoms with Crippen molar-refractivity contribution in [1.29, 1.82) is 0 Å². The summed E-state index contributed by atoms with van der Waals surface area (Å²) in [6, 6.07) is 1.79. The van der Waals surface area contributed by atoms with Gasteiger partial charge in [0.1, 0.15) is 5.82 Å². The number of halogens is 5. The summed E-state index contributed by atoms with van der Waals surface area (Å²) >= 11 is 0. The Bertz CT molecular complexity index is 665.